The molecule has 3 rings (SSSR count). The number of carbonyl (C=O) groups is 1. The first-order valence-electron chi connectivity index (χ1n) is 8.49. The number of halogens is 1. The van der Waals surface area contributed by atoms with Gasteiger partial charge in [0.1, 0.15) is 11.5 Å². The van der Waals surface area contributed by atoms with Crippen molar-refractivity contribution in [3.8, 4) is 17.4 Å². The number of carbonyl (C=O) groups excluding carboxylic acids is 1. The topological polar surface area (TPSA) is 73.6 Å². The summed E-state index contributed by atoms with van der Waals surface area (Å²) in [6.07, 6.45) is 5.25. The van der Waals surface area contributed by atoms with E-state index in [1.54, 1.807) is 36.9 Å². The van der Waals surface area contributed by atoms with Crippen LogP contribution in [0.1, 0.15) is 42.5 Å². The molecule has 138 valence electrons. The van der Waals surface area contributed by atoms with Crippen LogP contribution in [0.5, 0.6) is 17.4 Å². The molecule has 0 atom stereocenters. The third-order valence-corrected chi connectivity index (χ3v) is 4.78. The average Bonchev–Trinajstić information content (AvgIpc) is 3.37. The number of aryl methyl sites for hydroxylation is 2. The smallest absolute Gasteiger partial charge is 0.330 e. The van der Waals surface area contributed by atoms with E-state index in [1.165, 1.54) is 6.08 Å². The van der Waals surface area contributed by atoms with Crippen molar-refractivity contribution in [2.45, 2.75) is 32.6 Å². The molecule has 2 aromatic rings. The quantitative estimate of drug-likeness (QED) is 0.552. The van der Waals surface area contributed by atoms with Gasteiger partial charge in [-0.1, -0.05) is 0 Å². The summed E-state index contributed by atoms with van der Waals surface area (Å²) >= 11 is 3.30. The maximum atomic E-state index is 11.7. The van der Waals surface area contributed by atoms with Gasteiger partial charge < -0.3 is 14.6 Å². The van der Waals surface area contributed by atoms with Crippen LogP contribution in [0, 0.1) is 6.92 Å². The molecule has 0 saturated heterocycles. The summed E-state index contributed by atoms with van der Waals surface area (Å²) in [6.45, 7) is 3.99. The Kier molecular flexibility index (Phi) is 5.36. The Hall–Kier alpha value is -2.28. The Labute approximate surface area is 160 Å². The summed E-state index contributed by atoms with van der Waals surface area (Å²) < 4.78 is 13.3. The molecule has 6 nitrogen and oxygen atoms in total. The van der Waals surface area contributed by atoms with Crippen molar-refractivity contribution in [3.63, 3.8) is 0 Å². The van der Waals surface area contributed by atoms with E-state index in [1.807, 2.05) is 6.92 Å². The standard InChI is InChI=1S/C19H21BrN2O4/c1-4-25-17(24)8-7-13-18(12-5-6-12)21-22(3)19(13)26-16-10-15(23)14(20)9-11(16)2/h7-10,12,23H,4-6H2,1-3H3/b8-7+. The second-order valence-corrected chi connectivity index (χ2v) is 7.11. The van der Waals surface area contributed by atoms with Gasteiger partial charge in [-0.25, -0.2) is 9.48 Å². The minimum Gasteiger partial charge on any atom is -0.507 e. The van der Waals surface area contributed by atoms with Crippen LogP contribution >= 0.6 is 15.9 Å². The zero-order valence-electron chi connectivity index (χ0n) is 15.0. The molecule has 26 heavy (non-hydrogen) atoms. The number of aromatic hydroxyl groups is 1. The predicted octanol–water partition coefficient (Wildman–Crippen LogP) is 4.44. The van der Waals surface area contributed by atoms with Gasteiger partial charge >= 0.3 is 5.97 Å². The fourth-order valence-electron chi connectivity index (χ4n) is 2.68. The van der Waals surface area contributed by atoms with Gasteiger partial charge in [-0.15, -0.1) is 0 Å². The molecular formula is C19H21BrN2O4. The number of benzene rings is 1. The van der Waals surface area contributed by atoms with Crippen LogP contribution < -0.4 is 4.74 Å². The normalized spacial score (nSPS) is 14.0. The van der Waals surface area contributed by atoms with E-state index >= 15 is 0 Å². The Morgan fingerprint density at radius 2 is 2.19 bits per heavy atom. The highest BCUT2D eigenvalue weighted by molar-refractivity contribution is 9.10. The molecule has 0 aliphatic heterocycles. The maximum absolute atomic E-state index is 11.7. The summed E-state index contributed by atoms with van der Waals surface area (Å²) in [5, 5.41) is 14.5. The second-order valence-electron chi connectivity index (χ2n) is 6.26. The van der Waals surface area contributed by atoms with Crippen LogP contribution in [0.2, 0.25) is 0 Å². The average molecular weight is 421 g/mol. The minimum atomic E-state index is -0.401. The lowest BCUT2D eigenvalue weighted by Gasteiger charge is -2.11. The zero-order chi connectivity index (χ0) is 18.8. The molecule has 1 saturated carbocycles. The lowest BCUT2D eigenvalue weighted by Crippen LogP contribution is -1.99. The first kappa shape index (κ1) is 18.5. The molecule has 0 spiro atoms. The molecule has 1 aliphatic rings. The van der Waals surface area contributed by atoms with Gasteiger partial charge in [-0.3, -0.25) is 0 Å². The minimum absolute atomic E-state index is 0.0961. The summed E-state index contributed by atoms with van der Waals surface area (Å²) in [7, 11) is 1.80. The fourth-order valence-corrected chi connectivity index (χ4v) is 3.14. The molecule has 1 aliphatic carbocycles. The van der Waals surface area contributed by atoms with Crippen molar-refractivity contribution in [1.82, 2.24) is 9.78 Å². The van der Waals surface area contributed by atoms with Crippen molar-refractivity contribution in [1.29, 1.82) is 0 Å². The third kappa shape index (κ3) is 3.93. The molecule has 1 N–H and O–H groups in total. The fraction of sp³-hybridized carbons (Fsp3) is 0.368. The number of hydrogen-bond donors (Lipinski definition) is 1. The first-order valence-corrected chi connectivity index (χ1v) is 9.28. The monoisotopic (exact) mass is 420 g/mol. The number of hydrogen-bond acceptors (Lipinski definition) is 5. The van der Waals surface area contributed by atoms with Crippen molar-refractivity contribution < 1.29 is 19.4 Å². The number of esters is 1. The SMILES string of the molecule is CCOC(=O)/C=C/c1c(C2CC2)nn(C)c1Oc1cc(O)c(Br)cc1C. The zero-order valence-corrected chi connectivity index (χ0v) is 16.5. The molecule has 1 aromatic carbocycles. The molecule has 1 fully saturated rings. The van der Waals surface area contributed by atoms with Gasteiger partial charge in [0, 0.05) is 25.1 Å². The second kappa shape index (κ2) is 7.53. The van der Waals surface area contributed by atoms with Gasteiger partial charge in [-0.2, -0.15) is 5.10 Å². The van der Waals surface area contributed by atoms with Crippen LogP contribution in [0.25, 0.3) is 6.08 Å². The Balaban J connectivity index is 1.98. The van der Waals surface area contributed by atoms with Crippen LogP contribution in [0.4, 0.5) is 0 Å². The summed E-state index contributed by atoms with van der Waals surface area (Å²) in [6, 6.07) is 3.35. The lowest BCUT2D eigenvalue weighted by molar-refractivity contribution is -0.137. The van der Waals surface area contributed by atoms with Gasteiger partial charge in [-0.05, 0) is 60.3 Å². The molecule has 0 unspecified atom stereocenters. The van der Waals surface area contributed by atoms with Crippen molar-refractivity contribution in [2.24, 2.45) is 7.05 Å². The van der Waals surface area contributed by atoms with Gasteiger partial charge in [0.05, 0.1) is 22.3 Å². The summed E-state index contributed by atoms with van der Waals surface area (Å²) in [5.74, 6) is 1.14. The number of nitrogens with zero attached hydrogens (tertiary/aromatic N) is 2. The number of phenolic OH excluding ortho intramolecular Hbond substituents is 1. The van der Waals surface area contributed by atoms with Crippen LogP contribution in [-0.4, -0.2) is 27.5 Å². The molecule has 1 heterocycles. The molecule has 0 bridgehead atoms. The largest absolute Gasteiger partial charge is 0.507 e. The van der Waals surface area contributed by atoms with Crippen molar-refractivity contribution >= 4 is 28.0 Å². The van der Waals surface area contributed by atoms with E-state index < -0.39 is 5.97 Å². The van der Waals surface area contributed by atoms with Gasteiger partial charge in [0.2, 0.25) is 5.88 Å². The van der Waals surface area contributed by atoms with E-state index in [0.717, 1.165) is 29.7 Å². The Bertz CT molecular complexity index is 869. The molecule has 7 heteroatoms. The highest BCUT2D eigenvalue weighted by atomic mass is 79.9. The van der Waals surface area contributed by atoms with Crippen molar-refractivity contribution in [2.75, 3.05) is 6.61 Å². The summed E-state index contributed by atoms with van der Waals surface area (Å²) in [4.78, 5) is 11.7. The van der Waals surface area contributed by atoms with Gasteiger partial charge in [0.25, 0.3) is 0 Å². The number of ether oxygens (including phenoxy) is 2. The Morgan fingerprint density at radius 3 is 2.85 bits per heavy atom. The highest BCUT2D eigenvalue weighted by Gasteiger charge is 2.31. The lowest BCUT2D eigenvalue weighted by atomic mass is 10.1. The Morgan fingerprint density at radius 1 is 1.46 bits per heavy atom. The van der Waals surface area contributed by atoms with Gasteiger partial charge in [0.15, 0.2) is 0 Å². The van der Waals surface area contributed by atoms with E-state index in [0.29, 0.717) is 28.6 Å². The molecular weight excluding hydrogens is 400 g/mol. The third-order valence-electron chi connectivity index (χ3n) is 4.15. The maximum Gasteiger partial charge on any atom is 0.330 e. The van der Waals surface area contributed by atoms with E-state index in [4.69, 9.17) is 9.47 Å². The predicted molar refractivity (Wildman–Crippen MR) is 101 cm³/mol. The first-order chi connectivity index (χ1) is 12.4. The number of rotatable bonds is 6. The van der Waals surface area contributed by atoms with E-state index in [9.17, 15) is 9.90 Å². The summed E-state index contributed by atoms with van der Waals surface area (Å²) in [5.41, 5.74) is 2.55. The highest BCUT2D eigenvalue weighted by Crippen LogP contribution is 2.44. The molecule has 0 amide bonds. The van der Waals surface area contributed by atoms with E-state index in [-0.39, 0.29) is 5.75 Å². The molecule has 1 aromatic heterocycles. The van der Waals surface area contributed by atoms with Crippen LogP contribution in [-0.2, 0) is 16.6 Å². The van der Waals surface area contributed by atoms with Crippen LogP contribution in [0.3, 0.4) is 0 Å². The molecule has 0 radical (unpaired) electrons. The van der Waals surface area contributed by atoms with Crippen LogP contribution in [0.15, 0.2) is 22.7 Å². The van der Waals surface area contributed by atoms with Crippen molar-refractivity contribution in [3.05, 3.63) is 39.5 Å². The number of phenols is 1. The number of aromatic nitrogens is 2. The van der Waals surface area contributed by atoms with E-state index in [2.05, 4.69) is 21.0 Å².